The Kier molecular flexibility index (Phi) is 3.96. The minimum Gasteiger partial charge on any atom is -0.366 e. The van der Waals surface area contributed by atoms with Gasteiger partial charge in [0.2, 0.25) is 0 Å². The molecule has 0 spiro atoms. The third-order valence-electron chi connectivity index (χ3n) is 5.88. The summed E-state index contributed by atoms with van der Waals surface area (Å²) in [6, 6.07) is 10.2. The summed E-state index contributed by atoms with van der Waals surface area (Å²) in [5.41, 5.74) is 1.59. The maximum Gasteiger partial charge on any atom is 0.255 e. The lowest BCUT2D eigenvalue weighted by molar-refractivity contribution is 0.0780. The van der Waals surface area contributed by atoms with Gasteiger partial charge in [0.25, 0.3) is 5.91 Å². The molecular weight excluding hydrogens is 338 g/mol. The fourth-order valence-electron chi connectivity index (χ4n) is 4.54. The minimum atomic E-state index is 0.0842. The molecular formula is C21H21N5O. The lowest BCUT2D eigenvalue weighted by Gasteiger charge is -2.22. The topological polar surface area (TPSA) is 71.0 Å². The van der Waals surface area contributed by atoms with Crippen molar-refractivity contribution in [2.75, 3.05) is 18.4 Å². The molecule has 0 bridgehead atoms. The van der Waals surface area contributed by atoms with E-state index in [1.165, 1.54) is 0 Å². The van der Waals surface area contributed by atoms with Crippen molar-refractivity contribution < 1.29 is 4.79 Å². The van der Waals surface area contributed by atoms with Crippen molar-refractivity contribution in [3.8, 4) is 0 Å². The SMILES string of the molecule is O=C(c1cnc2ccccc2c1)N1C[C@H]2CC[C@@H](Nc3cnccn3)[C@H]2C1. The summed E-state index contributed by atoms with van der Waals surface area (Å²) in [5.74, 6) is 1.91. The first-order valence-corrected chi connectivity index (χ1v) is 9.44. The summed E-state index contributed by atoms with van der Waals surface area (Å²) in [4.78, 5) is 27.9. The van der Waals surface area contributed by atoms with Crippen LogP contribution in [0.4, 0.5) is 5.82 Å². The van der Waals surface area contributed by atoms with E-state index in [2.05, 4.69) is 20.3 Å². The van der Waals surface area contributed by atoms with Crippen LogP contribution in [0.2, 0.25) is 0 Å². The number of aromatic nitrogens is 3. The second-order valence-corrected chi connectivity index (χ2v) is 7.47. The van der Waals surface area contributed by atoms with Gasteiger partial charge in [-0.05, 0) is 30.9 Å². The zero-order valence-corrected chi connectivity index (χ0v) is 15.0. The van der Waals surface area contributed by atoms with Crippen molar-refractivity contribution >= 4 is 22.6 Å². The third kappa shape index (κ3) is 3.01. The maximum atomic E-state index is 13.0. The number of para-hydroxylation sites is 1. The molecule has 3 atom stereocenters. The molecule has 136 valence electrons. The molecule has 27 heavy (non-hydrogen) atoms. The monoisotopic (exact) mass is 359 g/mol. The standard InChI is InChI=1S/C21H21N5O/c27-21(16-9-14-3-1-2-4-18(14)24-10-16)26-12-15-5-6-19(17(15)13-26)25-20-11-22-7-8-23-20/h1-4,7-11,15,17,19H,5-6,12-13H2,(H,23,25)/t15-,17+,19-/m1/s1. The summed E-state index contributed by atoms with van der Waals surface area (Å²) in [7, 11) is 0. The van der Waals surface area contributed by atoms with Gasteiger partial charge in [-0.15, -0.1) is 0 Å². The van der Waals surface area contributed by atoms with E-state index in [9.17, 15) is 4.79 Å². The van der Waals surface area contributed by atoms with Crippen molar-refractivity contribution in [1.29, 1.82) is 0 Å². The van der Waals surface area contributed by atoms with Gasteiger partial charge in [0, 0.05) is 49.0 Å². The summed E-state index contributed by atoms with van der Waals surface area (Å²) in [6.45, 7) is 1.61. The number of likely N-dealkylation sites (tertiary alicyclic amines) is 1. The number of nitrogens with zero attached hydrogens (tertiary/aromatic N) is 4. The van der Waals surface area contributed by atoms with Crippen LogP contribution in [-0.4, -0.2) is 44.9 Å². The third-order valence-corrected chi connectivity index (χ3v) is 5.88. The highest BCUT2D eigenvalue weighted by molar-refractivity contribution is 5.97. The van der Waals surface area contributed by atoms with E-state index in [0.717, 1.165) is 42.7 Å². The first kappa shape index (κ1) is 16.2. The van der Waals surface area contributed by atoms with Gasteiger partial charge >= 0.3 is 0 Å². The second kappa shape index (κ2) is 6.61. The highest BCUT2D eigenvalue weighted by atomic mass is 16.2. The van der Waals surface area contributed by atoms with E-state index in [0.29, 0.717) is 23.4 Å². The summed E-state index contributed by atoms with van der Waals surface area (Å²) in [6.07, 6.45) is 9.09. The van der Waals surface area contributed by atoms with E-state index in [1.807, 2.05) is 35.2 Å². The van der Waals surface area contributed by atoms with Crippen molar-refractivity contribution in [1.82, 2.24) is 19.9 Å². The molecule has 1 saturated carbocycles. The van der Waals surface area contributed by atoms with Gasteiger partial charge in [-0.1, -0.05) is 18.2 Å². The van der Waals surface area contributed by atoms with Crippen molar-refractivity contribution in [3.05, 3.63) is 60.7 Å². The molecule has 0 unspecified atom stereocenters. The summed E-state index contributed by atoms with van der Waals surface area (Å²) >= 11 is 0. The molecule has 1 amide bonds. The van der Waals surface area contributed by atoms with Crippen LogP contribution in [0.5, 0.6) is 0 Å². The van der Waals surface area contributed by atoms with Crippen LogP contribution in [0.1, 0.15) is 23.2 Å². The van der Waals surface area contributed by atoms with Crippen LogP contribution < -0.4 is 5.32 Å². The predicted octanol–water partition coefficient (Wildman–Crippen LogP) is 2.99. The van der Waals surface area contributed by atoms with E-state index in [1.54, 1.807) is 24.8 Å². The number of fused-ring (bicyclic) bond motifs is 2. The number of nitrogens with one attached hydrogen (secondary N) is 1. The molecule has 1 aromatic carbocycles. The largest absolute Gasteiger partial charge is 0.366 e. The second-order valence-electron chi connectivity index (χ2n) is 7.47. The van der Waals surface area contributed by atoms with E-state index >= 15 is 0 Å². The highest BCUT2D eigenvalue weighted by Gasteiger charge is 2.44. The fraction of sp³-hybridized carbons (Fsp3) is 0.333. The molecule has 3 aromatic rings. The quantitative estimate of drug-likeness (QED) is 0.778. The first-order chi connectivity index (χ1) is 13.3. The molecule has 1 saturated heterocycles. The molecule has 6 heteroatoms. The van der Waals surface area contributed by atoms with Crippen LogP contribution in [-0.2, 0) is 0 Å². The normalized spacial score (nSPS) is 24.1. The number of hydrogen-bond acceptors (Lipinski definition) is 5. The van der Waals surface area contributed by atoms with Crippen LogP contribution >= 0.6 is 0 Å². The van der Waals surface area contributed by atoms with Crippen molar-refractivity contribution in [3.63, 3.8) is 0 Å². The smallest absolute Gasteiger partial charge is 0.255 e. The number of carbonyl (C=O) groups excluding carboxylic acids is 1. The number of amides is 1. The van der Waals surface area contributed by atoms with Gasteiger partial charge in [-0.3, -0.25) is 14.8 Å². The molecule has 3 heterocycles. The van der Waals surface area contributed by atoms with E-state index in [4.69, 9.17) is 0 Å². The van der Waals surface area contributed by atoms with Gasteiger partial charge in [-0.25, -0.2) is 4.98 Å². The Hall–Kier alpha value is -3.02. The lowest BCUT2D eigenvalue weighted by atomic mass is 9.98. The Morgan fingerprint density at radius 1 is 1.07 bits per heavy atom. The Balaban J connectivity index is 1.31. The predicted molar refractivity (Wildman–Crippen MR) is 103 cm³/mol. The van der Waals surface area contributed by atoms with E-state index in [-0.39, 0.29) is 5.91 Å². The van der Waals surface area contributed by atoms with Gasteiger partial charge in [0.1, 0.15) is 5.82 Å². The van der Waals surface area contributed by atoms with Crippen molar-refractivity contribution in [2.24, 2.45) is 11.8 Å². The molecule has 1 N–H and O–H groups in total. The van der Waals surface area contributed by atoms with Gasteiger partial charge in [-0.2, -0.15) is 0 Å². The van der Waals surface area contributed by atoms with E-state index < -0.39 is 0 Å². The Bertz CT molecular complexity index is 976. The molecule has 0 radical (unpaired) electrons. The Morgan fingerprint density at radius 2 is 2.00 bits per heavy atom. The van der Waals surface area contributed by atoms with Crippen LogP contribution in [0.15, 0.2) is 55.1 Å². The van der Waals surface area contributed by atoms with Crippen molar-refractivity contribution in [2.45, 2.75) is 18.9 Å². The van der Waals surface area contributed by atoms with Crippen LogP contribution in [0, 0.1) is 11.8 Å². The number of benzene rings is 1. The number of rotatable bonds is 3. The zero-order chi connectivity index (χ0) is 18.2. The van der Waals surface area contributed by atoms with Crippen LogP contribution in [0.3, 0.4) is 0 Å². The average molecular weight is 359 g/mol. The number of pyridine rings is 1. The highest BCUT2D eigenvalue weighted by Crippen LogP contribution is 2.39. The Labute approximate surface area is 157 Å². The average Bonchev–Trinajstić information content (AvgIpc) is 3.30. The molecule has 1 aliphatic carbocycles. The Morgan fingerprint density at radius 3 is 2.89 bits per heavy atom. The zero-order valence-electron chi connectivity index (χ0n) is 15.0. The summed E-state index contributed by atoms with van der Waals surface area (Å²) in [5, 5.41) is 4.52. The van der Waals surface area contributed by atoms with Gasteiger partial charge < -0.3 is 10.2 Å². The fourth-order valence-corrected chi connectivity index (χ4v) is 4.54. The number of carbonyl (C=O) groups is 1. The lowest BCUT2D eigenvalue weighted by Crippen LogP contribution is -2.33. The molecule has 5 rings (SSSR count). The maximum absolute atomic E-state index is 13.0. The van der Waals surface area contributed by atoms with Crippen LogP contribution in [0.25, 0.3) is 10.9 Å². The van der Waals surface area contributed by atoms with Gasteiger partial charge in [0.05, 0.1) is 17.3 Å². The summed E-state index contributed by atoms with van der Waals surface area (Å²) < 4.78 is 0. The molecule has 2 fully saturated rings. The number of anilines is 1. The molecule has 2 aromatic heterocycles. The molecule has 6 nitrogen and oxygen atoms in total. The number of hydrogen-bond donors (Lipinski definition) is 1. The van der Waals surface area contributed by atoms with Gasteiger partial charge in [0.15, 0.2) is 0 Å². The molecule has 2 aliphatic rings. The first-order valence-electron chi connectivity index (χ1n) is 9.44. The minimum absolute atomic E-state index is 0.0842. The molecule has 1 aliphatic heterocycles.